The van der Waals surface area contributed by atoms with Crippen LogP contribution in [0.1, 0.15) is 10.4 Å². The second-order valence-electron chi connectivity index (χ2n) is 4.04. The predicted octanol–water partition coefficient (Wildman–Crippen LogP) is 0.642. The average molecular weight is 274 g/mol. The van der Waals surface area contributed by atoms with Gasteiger partial charge in [-0.25, -0.2) is 9.78 Å². The lowest BCUT2D eigenvalue weighted by Crippen LogP contribution is -2.29. The number of hydrogen-bond acceptors (Lipinski definition) is 5. The van der Waals surface area contributed by atoms with Crippen LogP contribution in [-0.2, 0) is 4.74 Å². The van der Waals surface area contributed by atoms with Gasteiger partial charge in [-0.15, -0.1) is 0 Å². The molecule has 2 amide bonds. The number of nitrogens with two attached hydrogens (primary N) is 2. The molecule has 7 nitrogen and oxygen atoms in total. The van der Waals surface area contributed by atoms with Crippen LogP contribution in [0, 0.1) is 0 Å². The Hall–Kier alpha value is -2.83. The van der Waals surface area contributed by atoms with Crippen molar-refractivity contribution in [2.24, 2.45) is 5.73 Å². The normalized spacial score (nSPS) is 10.2. The zero-order chi connectivity index (χ0) is 14.5. The number of hydrogen-bond donors (Lipinski definition) is 3. The third-order valence-electron chi connectivity index (χ3n) is 2.61. The van der Waals surface area contributed by atoms with Gasteiger partial charge in [0.15, 0.2) is 0 Å². The minimum atomic E-state index is -0.877. The number of anilines is 1. The number of primary amides is 1. The predicted molar refractivity (Wildman–Crippen MR) is 74.0 cm³/mol. The van der Waals surface area contributed by atoms with Crippen LogP contribution >= 0.6 is 0 Å². The molecule has 7 heteroatoms. The van der Waals surface area contributed by atoms with E-state index in [9.17, 15) is 9.59 Å². The third-order valence-corrected chi connectivity index (χ3v) is 2.61. The summed E-state index contributed by atoms with van der Waals surface area (Å²) in [5.41, 5.74) is 11.6. The van der Waals surface area contributed by atoms with E-state index in [1.165, 1.54) is 6.07 Å². The van der Waals surface area contributed by atoms with Crippen molar-refractivity contribution in [2.75, 3.05) is 18.9 Å². The van der Waals surface area contributed by atoms with Crippen LogP contribution < -0.4 is 16.8 Å². The summed E-state index contributed by atoms with van der Waals surface area (Å²) in [6, 6.07) is 8.70. The van der Waals surface area contributed by atoms with Gasteiger partial charge >= 0.3 is 6.09 Å². The van der Waals surface area contributed by atoms with E-state index in [1.54, 1.807) is 12.1 Å². The second-order valence-corrected chi connectivity index (χ2v) is 4.04. The van der Waals surface area contributed by atoms with Crippen LogP contribution in [-0.4, -0.2) is 30.1 Å². The Balaban J connectivity index is 2.15. The molecule has 0 radical (unpaired) electrons. The first kappa shape index (κ1) is 13.6. The van der Waals surface area contributed by atoms with Crippen molar-refractivity contribution >= 4 is 28.7 Å². The maximum absolute atomic E-state index is 12.1. The van der Waals surface area contributed by atoms with Crippen molar-refractivity contribution in [1.29, 1.82) is 0 Å². The lowest BCUT2D eigenvalue weighted by atomic mass is 10.1. The minimum absolute atomic E-state index is 0.0135. The number of nitrogens with one attached hydrogen (secondary N) is 1. The minimum Gasteiger partial charge on any atom is -0.448 e. The van der Waals surface area contributed by atoms with Crippen molar-refractivity contribution in [3.8, 4) is 0 Å². The number of nitrogen functional groups attached to an aromatic ring is 1. The molecule has 104 valence electrons. The molecule has 0 bridgehead atoms. The van der Waals surface area contributed by atoms with Crippen LogP contribution in [0.25, 0.3) is 10.9 Å². The number of nitrogens with zero attached hydrogens (tertiary/aromatic N) is 1. The molecule has 20 heavy (non-hydrogen) atoms. The van der Waals surface area contributed by atoms with Crippen molar-refractivity contribution < 1.29 is 14.3 Å². The Morgan fingerprint density at radius 1 is 1.30 bits per heavy atom. The Morgan fingerprint density at radius 3 is 2.80 bits per heavy atom. The Kier molecular flexibility index (Phi) is 3.99. The molecular formula is C13H14N4O3. The summed E-state index contributed by atoms with van der Waals surface area (Å²) < 4.78 is 4.53. The van der Waals surface area contributed by atoms with Crippen LogP contribution in [0.15, 0.2) is 30.3 Å². The topological polar surface area (TPSA) is 120 Å². The van der Waals surface area contributed by atoms with Crippen LogP contribution in [0.5, 0.6) is 0 Å². The van der Waals surface area contributed by atoms with E-state index in [1.807, 2.05) is 12.1 Å². The molecular weight excluding hydrogens is 260 g/mol. The molecule has 0 aliphatic rings. The lowest BCUT2D eigenvalue weighted by molar-refractivity contribution is 0.0938. The van der Waals surface area contributed by atoms with Gasteiger partial charge in [0.2, 0.25) is 0 Å². The summed E-state index contributed by atoms with van der Waals surface area (Å²) in [6.07, 6.45) is -0.877. The summed E-state index contributed by atoms with van der Waals surface area (Å²) >= 11 is 0. The molecule has 0 spiro atoms. The molecule has 0 unspecified atom stereocenters. The van der Waals surface area contributed by atoms with E-state index in [-0.39, 0.29) is 24.9 Å². The van der Waals surface area contributed by atoms with Crippen molar-refractivity contribution in [1.82, 2.24) is 10.3 Å². The van der Waals surface area contributed by atoms with E-state index in [0.29, 0.717) is 16.5 Å². The Morgan fingerprint density at radius 2 is 2.05 bits per heavy atom. The van der Waals surface area contributed by atoms with E-state index < -0.39 is 6.09 Å². The van der Waals surface area contributed by atoms with Crippen molar-refractivity contribution in [3.05, 3.63) is 35.9 Å². The number of amides is 2. The second kappa shape index (κ2) is 5.87. The van der Waals surface area contributed by atoms with Crippen molar-refractivity contribution in [3.63, 3.8) is 0 Å². The molecule has 0 fully saturated rings. The van der Waals surface area contributed by atoms with Crippen molar-refractivity contribution in [2.45, 2.75) is 0 Å². The molecule has 1 aromatic carbocycles. The van der Waals surface area contributed by atoms with Gasteiger partial charge in [0.25, 0.3) is 5.91 Å². The highest BCUT2D eigenvalue weighted by Crippen LogP contribution is 2.19. The maximum atomic E-state index is 12.1. The fourth-order valence-electron chi connectivity index (χ4n) is 1.80. The lowest BCUT2D eigenvalue weighted by Gasteiger charge is -2.08. The molecule has 0 aliphatic heterocycles. The molecule has 2 aromatic rings. The third kappa shape index (κ3) is 3.14. The highest BCUT2D eigenvalue weighted by atomic mass is 16.5. The standard InChI is InChI=1S/C13H14N4O3/c14-11-7-9(8-3-1-2-4-10(8)17-11)12(18)16-5-6-20-13(15)19/h1-4,7H,5-6H2,(H2,14,17)(H2,15,19)(H,16,18). The number of fused-ring (bicyclic) bond motifs is 1. The zero-order valence-electron chi connectivity index (χ0n) is 10.6. The van der Waals surface area contributed by atoms with Crippen LogP contribution in [0.4, 0.5) is 10.6 Å². The van der Waals surface area contributed by atoms with Crippen LogP contribution in [0.3, 0.4) is 0 Å². The zero-order valence-corrected chi connectivity index (χ0v) is 10.6. The summed E-state index contributed by atoms with van der Waals surface area (Å²) in [5.74, 6) is -0.0504. The number of aromatic nitrogens is 1. The molecule has 1 aromatic heterocycles. The van der Waals surface area contributed by atoms with E-state index in [2.05, 4.69) is 15.0 Å². The smallest absolute Gasteiger partial charge is 0.404 e. The van der Waals surface area contributed by atoms with E-state index in [0.717, 1.165) is 0 Å². The number of pyridine rings is 1. The van der Waals surface area contributed by atoms with Gasteiger partial charge in [-0.1, -0.05) is 18.2 Å². The fraction of sp³-hybridized carbons (Fsp3) is 0.154. The number of rotatable bonds is 4. The van der Waals surface area contributed by atoms with Gasteiger partial charge in [-0.2, -0.15) is 0 Å². The molecule has 1 heterocycles. The molecule has 5 N–H and O–H groups in total. The van der Waals surface area contributed by atoms with E-state index in [4.69, 9.17) is 11.5 Å². The summed E-state index contributed by atoms with van der Waals surface area (Å²) in [5, 5.41) is 3.32. The summed E-state index contributed by atoms with van der Waals surface area (Å²) in [4.78, 5) is 26.6. The van der Waals surface area contributed by atoms with Gasteiger partial charge in [-0.3, -0.25) is 4.79 Å². The number of benzene rings is 1. The summed E-state index contributed by atoms with van der Waals surface area (Å²) in [6.45, 7) is 0.178. The average Bonchev–Trinajstić information content (AvgIpc) is 2.42. The first-order chi connectivity index (χ1) is 9.58. The fourth-order valence-corrected chi connectivity index (χ4v) is 1.80. The quantitative estimate of drug-likeness (QED) is 0.706. The van der Waals surface area contributed by atoms with E-state index >= 15 is 0 Å². The van der Waals surface area contributed by atoms with Gasteiger partial charge in [0.1, 0.15) is 12.4 Å². The van der Waals surface area contributed by atoms with Gasteiger partial charge < -0.3 is 21.5 Å². The molecule has 2 rings (SSSR count). The summed E-state index contributed by atoms with van der Waals surface area (Å²) in [7, 11) is 0. The number of carbonyl (C=O) groups excluding carboxylic acids is 2. The molecule has 0 saturated carbocycles. The highest BCUT2D eigenvalue weighted by molar-refractivity contribution is 6.06. The first-order valence-corrected chi connectivity index (χ1v) is 5.93. The molecule has 0 aliphatic carbocycles. The molecule has 0 saturated heterocycles. The maximum Gasteiger partial charge on any atom is 0.404 e. The first-order valence-electron chi connectivity index (χ1n) is 5.93. The number of para-hydroxylation sites is 1. The molecule has 0 atom stereocenters. The monoisotopic (exact) mass is 274 g/mol. The van der Waals surface area contributed by atoms with Gasteiger partial charge in [-0.05, 0) is 12.1 Å². The Bertz CT molecular complexity index is 657. The van der Waals surface area contributed by atoms with Crippen LogP contribution in [0.2, 0.25) is 0 Å². The Labute approximate surface area is 114 Å². The van der Waals surface area contributed by atoms with Gasteiger partial charge in [0, 0.05) is 5.39 Å². The van der Waals surface area contributed by atoms with Gasteiger partial charge in [0.05, 0.1) is 17.6 Å². The number of ether oxygens (including phenoxy) is 1. The highest BCUT2D eigenvalue weighted by Gasteiger charge is 2.11. The SMILES string of the molecule is NC(=O)OCCNC(=O)c1cc(N)nc2ccccc12. The largest absolute Gasteiger partial charge is 0.448 e. The number of carbonyl (C=O) groups is 2.